The molecule has 1 aromatic carbocycles. The van der Waals surface area contributed by atoms with E-state index in [0.717, 1.165) is 38.8 Å². The van der Waals surface area contributed by atoms with Gasteiger partial charge >= 0.3 is 5.97 Å². The Morgan fingerprint density at radius 2 is 1.70 bits per heavy atom. The Morgan fingerprint density at radius 3 is 2.33 bits per heavy atom. The van der Waals surface area contributed by atoms with Gasteiger partial charge in [-0.3, -0.25) is 9.59 Å². The predicted octanol–water partition coefficient (Wildman–Crippen LogP) is 2.80. The maximum Gasteiger partial charge on any atom is 0.320 e. The zero-order chi connectivity index (χ0) is 18.7. The Labute approximate surface area is 159 Å². The first-order chi connectivity index (χ1) is 13.2. The summed E-state index contributed by atoms with van der Waals surface area (Å²) in [4.78, 5) is 27.4. The number of ether oxygens (including phenoxy) is 3. The monoisotopic (exact) mass is 373 g/mol. The van der Waals surface area contributed by atoms with Crippen molar-refractivity contribution in [2.45, 2.75) is 44.6 Å². The van der Waals surface area contributed by atoms with Gasteiger partial charge in [-0.15, -0.1) is 0 Å². The molecule has 0 N–H and O–H groups in total. The average molecular weight is 373 g/mol. The lowest BCUT2D eigenvalue weighted by molar-refractivity contribution is -0.163. The van der Waals surface area contributed by atoms with E-state index in [-0.39, 0.29) is 18.0 Å². The van der Waals surface area contributed by atoms with Crippen molar-refractivity contribution in [1.82, 2.24) is 4.90 Å². The van der Waals surface area contributed by atoms with Crippen LogP contribution in [0.4, 0.5) is 0 Å². The third-order valence-electron chi connectivity index (χ3n) is 6.04. The largest absolute Gasteiger partial charge is 0.426 e. The van der Waals surface area contributed by atoms with E-state index in [2.05, 4.69) is 0 Å². The number of rotatable bonds is 4. The summed E-state index contributed by atoms with van der Waals surface area (Å²) in [6, 6.07) is 6.91. The Kier molecular flexibility index (Phi) is 5.45. The van der Waals surface area contributed by atoms with Crippen molar-refractivity contribution in [2.75, 3.05) is 32.9 Å². The molecule has 0 aromatic heterocycles. The summed E-state index contributed by atoms with van der Waals surface area (Å²) in [5, 5.41) is 0. The molecule has 0 bridgehead atoms. The molecule has 146 valence electrons. The summed E-state index contributed by atoms with van der Waals surface area (Å²) in [5.74, 6) is 0.281. The highest BCUT2D eigenvalue weighted by molar-refractivity contribution is 5.94. The van der Waals surface area contributed by atoms with E-state index in [1.54, 1.807) is 24.3 Å². The highest BCUT2D eigenvalue weighted by atomic mass is 16.5. The number of esters is 1. The second kappa shape index (κ2) is 7.98. The van der Waals surface area contributed by atoms with Crippen molar-refractivity contribution in [3.63, 3.8) is 0 Å². The van der Waals surface area contributed by atoms with Crippen LogP contribution in [0.1, 0.15) is 48.9 Å². The molecule has 3 heterocycles. The summed E-state index contributed by atoms with van der Waals surface area (Å²) >= 11 is 0. The number of hydrogen-bond acceptors (Lipinski definition) is 5. The third kappa shape index (κ3) is 3.73. The number of carbonyl (C=O) groups excluding carboxylic acids is 2. The number of amides is 1. The van der Waals surface area contributed by atoms with Gasteiger partial charge in [-0.05, 0) is 62.8 Å². The van der Waals surface area contributed by atoms with Crippen molar-refractivity contribution in [2.24, 2.45) is 5.41 Å². The Bertz CT molecular complexity index is 668. The zero-order valence-corrected chi connectivity index (χ0v) is 15.7. The van der Waals surface area contributed by atoms with E-state index in [1.165, 1.54) is 0 Å². The van der Waals surface area contributed by atoms with E-state index >= 15 is 0 Å². The van der Waals surface area contributed by atoms with Crippen molar-refractivity contribution < 1.29 is 23.8 Å². The van der Waals surface area contributed by atoms with Gasteiger partial charge in [0.05, 0.1) is 11.5 Å². The molecule has 3 aliphatic rings. The van der Waals surface area contributed by atoms with Gasteiger partial charge < -0.3 is 19.1 Å². The SMILES string of the molecule is O=C(c1ccc(OC(=O)C2(C3CCCO3)CCOCC2)cc1)N1CCCC1. The summed E-state index contributed by atoms with van der Waals surface area (Å²) in [5.41, 5.74) is 0.00955. The minimum atomic E-state index is -0.626. The van der Waals surface area contributed by atoms with E-state index in [9.17, 15) is 9.59 Å². The smallest absolute Gasteiger partial charge is 0.320 e. The zero-order valence-electron chi connectivity index (χ0n) is 15.7. The topological polar surface area (TPSA) is 65.1 Å². The molecular formula is C21H27NO5. The predicted molar refractivity (Wildman–Crippen MR) is 98.7 cm³/mol. The van der Waals surface area contributed by atoms with Gasteiger partial charge in [-0.1, -0.05) is 0 Å². The van der Waals surface area contributed by atoms with Crippen LogP contribution in [0.5, 0.6) is 5.75 Å². The van der Waals surface area contributed by atoms with Crippen LogP contribution in [0.25, 0.3) is 0 Å². The first-order valence-electron chi connectivity index (χ1n) is 10.00. The molecule has 4 rings (SSSR count). The third-order valence-corrected chi connectivity index (χ3v) is 6.04. The quantitative estimate of drug-likeness (QED) is 0.600. The summed E-state index contributed by atoms with van der Waals surface area (Å²) < 4.78 is 17.1. The fourth-order valence-corrected chi connectivity index (χ4v) is 4.38. The summed E-state index contributed by atoms with van der Waals surface area (Å²) in [6.07, 6.45) is 5.16. The summed E-state index contributed by atoms with van der Waals surface area (Å²) in [7, 11) is 0. The van der Waals surface area contributed by atoms with Gasteiger partial charge in [0.1, 0.15) is 5.75 Å². The van der Waals surface area contributed by atoms with Gasteiger partial charge in [-0.2, -0.15) is 0 Å². The molecule has 1 atom stereocenters. The number of benzene rings is 1. The molecule has 3 fully saturated rings. The molecule has 1 aromatic rings. The van der Waals surface area contributed by atoms with Crippen molar-refractivity contribution in [1.29, 1.82) is 0 Å². The molecule has 3 saturated heterocycles. The number of hydrogen-bond donors (Lipinski definition) is 0. The fourth-order valence-electron chi connectivity index (χ4n) is 4.38. The summed E-state index contributed by atoms with van der Waals surface area (Å²) in [6.45, 7) is 3.45. The molecule has 0 spiro atoms. The minimum Gasteiger partial charge on any atom is -0.426 e. The van der Waals surface area contributed by atoms with Crippen molar-refractivity contribution >= 4 is 11.9 Å². The van der Waals surface area contributed by atoms with Gasteiger partial charge in [0, 0.05) is 38.5 Å². The first kappa shape index (κ1) is 18.4. The Morgan fingerprint density at radius 1 is 1.00 bits per heavy atom. The van der Waals surface area contributed by atoms with E-state index in [4.69, 9.17) is 14.2 Å². The Hall–Kier alpha value is -1.92. The molecule has 1 amide bonds. The molecule has 6 heteroatoms. The minimum absolute atomic E-state index is 0.0469. The molecule has 0 saturated carbocycles. The lowest BCUT2D eigenvalue weighted by Gasteiger charge is -2.38. The molecule has 0 radical (unpaired) electrons. The van der Waals surface area contributed by atoms with Crippen LogP contribution < -0.4 is 4.74 Å². The van der Waals surface area contributed by atoms with E-state index in [1.807, 2.05) is 4.90 Å². The molecule has 0 aliphatic carbocycles. The molecule has 1 unspecified atom stereocenters. The van der Waals surface area contributed by atoms with E-state index in [0.29, 0.717) is 44.0 Å². The molecule has 27 heavy (non-hydrogen) atoms. The highest BCUT2D eigenvalue weighted by Crippen LogP contribution is 2.41. The highest BCUT2D eigenvalue weighted by Gasteiger charge is 2.50. The maximum atomic E-state index is 13.1. The second-order valence-corrected chi connectivity index (χ2v) is 7.68. The lowest BCUT2D eigenvalue weighted by atomic mass is 9.74. The normalized spacial score (nSPS) is 24.7. The number of nitrogens with zero attached hydrogens (tertiary/aromatic N) is 1. The van der Waals surface area contributed by atoms with Gasteiger partial charge in [0.2, 0.25) is 0 Å². The van der Waals surface area contributed by atoms with Crippen LogP contribution in [-0.2, 0) is 14.3 Å². The van der Waals surface area contributed by atoms with Crippen LogP contribution in [0.2, 0.25) is 0 Å². The van der Waals surface area contributed by atoms with Crippen LogP contribution in [0.3, 0.4) is 0 Å². The van der Waals surface area contributed by atoms with Crippen LogP contribution >= 0.6 is 0 Å². The first-order valence-corrected chi connectivity index (χ1v) is 10.00. The van der Waals surface area contributed by atoms with Crippen LogP contribution in [0, 0.1) is 5.41 Å². The standard InChI is InChI=1S/C21H27NO5/c23-19(22-11-1-2-12-22)16-5-7-17(8-6-16)27-20(24)21(9-14-25-15-10-21)18-4-3-13-26-18/h5-8,18H,1-4,9-15H2. The molecule has 3 aliphatic heterocycles. The Balaban J connectivity index is 1.45. The average Bonchev–Trinajstić information content (AvgIpc) is 3.43. The van der Waals surface area contributed by atoms with Gasteiger partial charge in [0.15, 0.2) is 0 Å². The van der Waals surface area contributed by atoms with Gasteiger partial charge in [0.25, 0.3) is 5.91 Å². The van der Waals surface area contributed by atoms with Gasteiger partial charge in [-0.25, -0.2) is 0 Å². The van der Waals surface area contributed by atoms with Crippen molar-refractivity contribution in [3.05, 3.63) is 29.8 Å². The second-order valence-electron chi connectivity index (χ2n) is 7.68. The van der Waals surface area contributed by atoms with E-state index < -0.39 is 5.41 Å². The van der Waals surface area contributed by atoms with Crippen LogP contribution in [0.15, 0.2) is 24.3 Å². The molecule has 6 nitrogen and oxygen atoms in total. The molecular weight excluding hydrogens is 346 g/mol. The van der Waals surface area contributed by atoms with Crippen LogP contribution in [-0.4, -0.2) is 55.8 Å². The van der Waals surface area contributed by atoms with Crippen molar-refractivity contribution in [3.8, 4) is 5.75 Å². The fraction of sp³-hybridized carbons (Fsp3) is 0.619. The number of carbonyl (C=O) groups is 2. The maximum absolute atomic E-state index is 13.1. The lowest BCUT2D eigenvalue weighted by Crippen LogP contribution is -2.48. The number of likely N-dealkylation sites (tertiary alicyclic amines) is 1.